The molecule has 0 aromatic rings. The van der Waals surface area contributed by atoms with E-state index in [1.54, 1.807) is 0 Å². The summed E-state index contributed by atoms with van der Waals surface area (Å²) >= 11 is 0. The van der Waals surface area contributed by atoms with E-state index in [0.29, 0.717) is 13.2 Å². The van der Waals surface area contributed by atoms with Crippen LogP contribution in [-0.4, -0.2) is 47.7 Å². The van der Waals surface area contributed by atoms with Gasteiger partial charge in [-0.15, -0.1) is 0 Å². The fraction of sp³-hybridized carbons (Fsp3) is 0.833. The van der Waals surface area contributed by atoms with Gasteiger partial charge in [0, 0.05) is 12.5 Å². The Morgan fingerprint density at radius 2 is 2.24 bits per heavy atom. The number of unbranched alkanes of at least 4 members (excludes halogenated alkanes) is 1. The molecule has 0 aromatic heterocycles. The standard InChI is InChI=1S/C12H21NO4/c1-3-4-5-9(2)11(14)13-6-7-17-8-10(13)12(15)16/h9-10H,3-8H2,1-2H3,(H,15,16). The molecular formula is C12H21NO4. The molecule has 1 fully saturated rings. The molecule has 0 aromatic carbocycles. The Balaban J connectivity index is 2.61. The van der Waals surface area contributed by atoms with Crippen molar-refractivity contribution >= 4 is 11.9 Å². The third-order valence-electron chi connectivity index (χ3n) is 3.11. The van der Waals surface area contributed by atoms with Gasteiger partial charge in [-0.3, -0.25) is 4.79 Å². The summed E-state index contributed by atoms with van der Waals surface area (Å²) in [7, 11) is 0. The first-order valence-corrected chi connectivity index (χ1v) is 6.19. The molecule has 1 heterocycles. The Bertz CT molecular complexity index is 280. The third kappa shape index (κ3) is 3.70. The Kier molecular flexibility index (Phi) is 5.41. The zero-order chi connectivity index (χ0) is 12.8. The predicted octanol–water partition coefficient (Wildman–Crippen LogP) is 1.12. The van der Waals surface area contributed by atoms with Crippen LogP contribution < -0.4 is 0 Å². The van der Waals surface area contributed by atoms with Crippen molar-refractivity contribution in [3.8, 4) is 0 Å². The number of carbonyl (C=O) groups is 2. The van der Waals surface area contributed by atoms with Crippen LogP contribution in [0.2, 0.25) is 0 Å². The second-order valence-corrected chi connectivity index (χ2v) is 4.50. The average molecular weight is 243 g/mol. The predicted molar refractivity (Wildman–Crippen MR) is 62.6 cm³/mol. The number of hydrogen-bond acceptors (Lipinski definition) is 3. The minimum absolute atomic E-state index is 0.0610. The van der Waals surface area contributed by atoms with Gasteiger partial charge in [0.05, 0.1) is 13.2 Å². The van der Waals surface area contributed by atoms with Crippen molar-refractivity contribution in [3.05, 3.63) is 0 Å². The zero-order valence-corrected chi connectivity index (χ0v) is 10.5. The summed E-state index contributed by atoms with van der Waals surface area (Å²) in [6.45, 7) is 4.85. The Labute approximate surface area is 102 Å². The summed E-state index contributed by atoms with van der Waals surface area (Å²) < 4.78 is 5.11. The van der Waals surface area contributed by atoms with Crippen LogP contribution in [0.5, 0.6) is 0 Å². The number of amides is 1. The van der Waals surface area contributed by atoms with Gasteiger partial charge in [0.15, 0.2) is 6.04 Å². The number of carbonyl (C=O) groups excluding carboxylic acids is 1. The molecule has 0 aliphatic carbocycles. The summed E-state index contributed by atoms with van der Waals surface area (Å²) in [5.41, 5.74) is 0. The maximum absolute atomic E-state index is 12.1. The number of aliphatic carboxylic acids is 1. The van der Waals surface area contributed by atoms with E-state index in [2.05, 4.69) is 6.92 Å². The largest absolute Gasteiger partial charge is 0.480 e. The highest BCUT2D eigenvalue weighted by Gasteiger charge is 2.34. The molecule has 2 atom stereocenters. The molecule has 2 unspecified atom stereocenters. The van der Waals surface area contributed by atoms with E-state index in [1.165, 1.54) is 4.90 Å². The molecule has 0 bridgehead atoms. The van der Waals surface area contributed by atoms with Gasteiger partial charge >= 0.3 is 5.97 Å². The fourth-order valence-electron chi connectivity index (χ4n) is 1.99. The van der Waals surface area contributed by atoms with Crippen LogP contribution in [0.1, 0.15) is 33.1 Å². The molecular weight excluding hydrogens is 222 g/mol. The van der Waals surface area contributed by atoms with Crippen molar-refractivity contribution in [3.63, 3.8) is 0 Å². The van der Waals surface area contributed by atoms with Crippen molar-refractivity contribution < 1.29 is 19.4 Å². The highest BCUT2D eigenvalue weighted by molar-refractivity contribution is 5.85. The van der Waals surface area contributed by atoms with Gasteiger partial charge in [0.2, 0.25) is 5.91 Å². The lowest BCUT2D eigenvalue weighted by atomic mass is 10.0. The fourth-order valence-corrected chi connectivity index (χ4v) is 1.99. The maximum Gasteiger partial charge on any atom is 0.328 e. The molecule has 0 radical (unpaired) electrons. The van der Waals surface area contributed by atoms with E-state index in [0.717, 1.165) is 19.3 Å². The van der Waals surface area contributed by atoms with E-state index in [1.807, 2.05) is 6.92 Å². The zero-order valence-electron chi connectivity index (χ0n) is 10.5. The monoisotopic (exact) mass is 243 g/mol. The molecule has 1 aliphatic heterocycles. The van der Waals surface area contributed by atoms with E-state index in [9.17, 15) is 9.59 Å². The summed E-state index contributed by atoms with van der Waals surface area (Å²) in [6.07, 6.45) is 2.86. The highest BCUT2D eigenvalue weighted by Crippen LogP contribution is 2.16. The van der Waals surface area contributed by atoms with Crippen molar-refractivity contribution in [1.82, 2.24) is 4.90 Å². The molecule has 5 heteroatoms. The summed E-state index contributed by atoms with van der Waals surface area (Å²) in [4.78, 5) is 24.6. The van der Waals surface area contributed by atoms with Gasteiger partial charge in [-0.25, -0.2) is 4.79 Å². The number of rotatable bonds is 5. The molecule has 1 saturated heterocycles. The minimum Gasteiger partial charge on any atom is -0.480 e. The molecule has 1 rings (SSSR count). The van der Waals surface area contributed by atoms with E-state index >= 15 is 0 Å². The minimum atomic E-state index is -0.985. The van der Waals surface area contributed by atoms with Crippen molar-refractivity contribution in [2.45, 2.75) is 39.2 Å². The SMILES string of the molecule is CCCCC(C)C(=O)N1CCOCC1C(=O)O. The normalized spacial score (nSPS) is 22.2. The summed E-state index contributed by atoms with van der Waals surface area (Å²) in [5, 5.41) is 9.04. The smallest absolute Gasteiger partial charge is 0.328 e. The molecule has 1 aliphatic rings. The molecule has 0 spiro atoms. The lowest BCUT2D eigenvalue weighted by Gasteiger charge is -2.34. The molecule has 1 N–H and O–H groups in total. The molecule has 1 amide bonds. The van der Waals surface area contributed by atoms with Gasteiger partial charge in [-0.2, -0.15) is 0 Å². The van der Waals surface area contributed by atoms with Crippen LogP contribution in [0.4, 0.5) is 0 Å². The maximum atomic E-state index is 12.1. The van der Waals surface area contributed by atoms with Crippen molar-refractivity contribution in [2.24, 2.45) is 5.92 Å². The van der Waals surface area contributed by atoms with Gasteiger partial charge in [0.25, 0.3) is 0 Å². The highest BCUT2D eigenvalue weighted by atomic mass is 16.5. The molecule has 5 nitrogen and oxygen atoms in total. The second kappa shape index (κ2) is 6.59. The Hall–Kier alpha value is -1.10. The first-order valence-electron chi connectivity index (χ1n) is 6.19. The first kappa shape index (κ1) is 14.0. The van der Waals surface area contributed by atoms with Crippen molar-refractivity contribution in [1.29, 1.82) is 0 Å². The third-order valence-corrected chi connectivity index (χ3v) is 3.11. The van der Waals surface area contributed by atoms with E-state index in [-0.39, 0.29) is 18.4 Å². The van der Waals surface area contributed by atoms with E-state index in [4.69, 9.17) is 9.84 Å². The van der Waals surface area contributed by atoms with Crippen LogP contribution in [0, 0.1) is 5.92 Å². The number of hydrogen-bond donors (Lipinski definition) is 1. The van der Waals surface area contributed by atoms with Crippen molar-refractivity contribution in [2.75, 3.05) is 19.8 Å². The average Bonchev–Trinajstić information content (AvgIpc) is 2.34. The van der Waals surface area contributed by atoms with Gasteiger partial charge in [0.1, 0.15) is 0 Å². The topological polar surface area (TPSA) is 66.8 Å². The van der Waals surface area contributed by atoms with Crippen LogP contribution >= 0.6 is 0 Å². The van der Waals surface area contributed by atoms with Gasteiger partial charge in [-0.05, 0) is 6.42 Å². The quantitative estimate of drug-likeness (QED) is 0.786. The van der Waals surface area contributed by atoms with Crippen LogP contribution in [0.25, 0.3) is 0 Å². The summed E-state index contributed by atoms with van der Waals surface area (Å²) in [5.74, 6) is -1.15. The number of ether oxygens (including phenoxy) is 1. The molecule has 0 saturated carbocycles. The molecule has 17 heavy (non-hydrogen) atoms. The molecule has 98 valence electrons. The van der Waals surface area contributed by atoms with Crippen LogP contribution in [-0.2, 0) is 14.3 Å². The first-order chi connectivity index (χ1) is 8.07. The lowest BCUT2D eigenvalue weighted by molar-refractivity contribution is -0.160. The number of carboxylic acids is 1. The number of morpholine rings is 1. The Morgan fingerprint density at radius 3 is 2.82 bits per heavy atom. The Morgan fingerprint density at radius 1 is 1.53 bits per heavy atom. The van der Waals surface area contributed by atoms with Gasteiger partial charge in [-0.1, -0.05) is 26.7 Å². The second-order valence-electron chi connectivity index (χ2n) is 4.50. The lowest BCUT2D eigenvalue weighted by Crippen LogP contribution is -2.54. The van der Waals surface area contributed by atoms with E-state index < -0.39 is 12.0 Å². The van der Waals surface area contributed by atoms with Crippen LogP contribution in [0.3, 0.4) is 0 Å². The van der Waals surface area contributed by atoms with Gasteiger partial charge < -0.3 is 14.7 Å². The van der Waals surface area contributed by atoms with Crippen LogP contribution in [0.15, 0.2) is 0 Å². The number of carboxylic acid groups (broad SMARTS) is 1. The summed E-state index contributed by atoms with van der Waals surface area (Å²) in [6, 6.07) is -0.819. The number of nitrogens with zero attached hydrogens (tertiary/aromatic N) is 1.